The molecule has 2 aromatic heterocycles. The van der Waals surface area contributed by atoms with Gasteiger partial charge in [-0.05, 0) is 25.8 Å². The molecule has 0 bridgehead atoms. The van der Waals surface area contributed by atoms with Crippen molar-refractivity contribution in [3.63, 3.8) is 0 Å². The maximum Gasteiger partial charge on any atom is 0.345 e. The summed E-state index contributed by atoms with van der Waals surface area (Å²) in [4.78, 5) is 34.7. The maximum atomic E-state index is 12.5. The van der Waals surface area contributed by atoms with E-state index in [0.29, 0.717) is 11.7 Å². The van der Waals surface area contributed by atoms with E-state index in [1.807, 2.05) is 14.0 Å². The van der Waals surface area contributed by atoms with Gasteiger partial charge in [0.25, 0.3) is 0 Å². The Morgan fingerprint density at radius 3 is 2.74 bits per heavy atom. The first kappa shape index (κ1) is 21.1. The number of fused-ring (bicyclic) bond motifs is 1. The van der Waals surface area contributed by atoms with Crippen LogP contribution in [0.5, 0.6) is 0 Å². The van der Waals surface area contributed by atoms with Gasteiger partial charge >= 0.3 is 11.9 Å². The molecule has 166 valence electrons. The van der Waals surface area contributed by atoms with Gasteiger partial charge in [0.2, 0.25) is 5.60 Å². The Morgan fingerprint density at radius 1 is 1.32 bits per heavy atom. The summed E-state index contributed by atoms with van der Waals surface area (Å²) in [5.41, 5.74) is 4.92. The summed E-state index contributed by atoms with van der Waals surface area (Å²) in [7, 11) is 4.36. The Kier molecular flexibility index (Phi) is 5.57. The molecule has 31 heavy (non-hydrogen) atoms. The minimum absolute atomic E-state index is 0.320. The van der Waals surface area contributed by atoms with E-state index < -0.39 is 17.5 Å². The molecule has 1 aliphatic heterocycles. The average Bonchev–Trinajstić information content (AvgIpc) is 3.48. The summed E-state index contributed by atoms with van der Waals surface area (Å²) in [6, 6.07) is 0.340. The minimum Gasteiger partial charge on any atom is -0.469 e. The van der Waals surface area contributed by atoms with Crippen LogP contribution in [0.2, 0.25) is 0 Å². The number of methoxy groups -OCH3 is 2. The molecule has 3 heterocycles. The van der Waals surface area contributed by atoms with Gasteiger partial charge in [0.05, 0.1) is 43.1 Å². The van der Waals surface area contributed by atoms with Crippen LogP contribution in [0, 0.1) is 6.92 Å². The highest BCUT2D eigenvalue weighted by atomic mass is 16.7. The van der Waals surface area contributed by atoms with Crippen LogP contribution < -0.4 is 10.8 Å². The summed E-state index contributed by atoms with van der Waals surface area (Å²) in [5, 5.41) is 9.10. The topological polar surface area (TPSA) is 117 Å². The maximum absolute atomic E-state index is 12.5. The molecule has 1 fully saturated rings. The predicted octanol–water partition coefficient (Wildman–Crippen LogP) is 1.98. The molecule has 0 amide bonds. The van der Waals surface area contributed by atoms with Gasteiger partial charge in [-0.3, -0.25) is 19.8 Å². The molecule has 0 saturated heterocycles. The van der Waals surface area contributed by atoms with Crippen molar-refractivity contribution in [2.24, 2.45) is 7.05 Å². The lowest BCUT2D eigenvalue weighted by Crippen LogP contribution is -2.42. The Bertz CT molecular complexity index is 1060. The van der Waals surface area contributed by atoms with Crippen molar-refractivity contribution in [2.75, 3.05) is 19.5 Å². The van der Waals surface area contributed by atoms with Crippen molar-refractivity contribution in [1.29, 1.82) is 0 Å². The molecule has 10 heteroatoms. The van der Waals surface area contributed by atoms with E-state index in [4.69, 9.17) is 14.3 Å². The van der Waals surface area contributed by atoms with E-state index in [2.05, 4.69) is 20.9 Å². The van der Waals surface area contributed by atoms with Gasteiger partial charge in [-0.25, -0.2) is 9.78 Å². The predicted molar refractivity (Wildman–Crippen MR) is 113 cm³/mol. The van der Waals surface area contributed by atoms with Crippen molar-refractivity contribution in [3.05, 3.63) is 23.5 Å². The molecule has 1 atom stereocenters. The van der Waals surface area contributed by atoms with Gasteiger partial charge in [0.1, 0.15) is 0 Å². The molecule has 10 nitrogen and oxygen atoms in total. The number of hydroxylamine groups is 1. The van der Waals surface area contributed by atoms with Gasteiger partial charge in [-0.2, -0.15) is 5.10 Å². The van der Waals surface area contributed by atoms with Crippen molar-refractivity contribution >= 4 is 34.4 Å². The van der Waals surface area contributed by atoms with Crippen LogP contribution in [-0.4, -0.2) is 52.6 Å². The highest BCUT2D eigenvalue weighted by molar-refractivity contribution is 5.99. The molecule has 1 aliphatic carbocycles. The first-order chi connectivity index (χ1) is 14.9. The number of hydrogen-bond donors (Lipinski definition) is 2. The number of hydrogen-bond acceptors (Lipinski definition) is 9. The quantitative estimate of drug-likeness (QED) is 0.665. The average molecular weight is 429 g/mol. The van der Waals surface area contributed by atoms with Crippen LogP contribution >= 0.6 is 0 Å². The zero-order chi connectivity index (χ0) is 22.2. The van der Waals surface area contributed by atoms with E-state index in [9.17, 15) is 9.59 Å². The molecular formula is C21H27N5O5. The number of pyridine rings is 1. The summed E-state index contributed by atoms with van der Waals surface area (Å²) in [6.07, 6.45) is 7.49. The summed E-state index contributed by atoms with van der Waals surface area (Å²) < 4.78 is 11.4. The van der Waals surface area contributed by atoms with Crippen molar-refractivity contribution in [2.45, 2.75) is 50.7 Å². The third-order valence-corrected chi connectivity index (χ3v) is 5.91. The Morgan fingerprint density at radius 2 is 2.06 bits per heavy atom. The summed E-state index contributed by atoms with van der Waals surface area (Å²) >= 11 is 0. The highest BCUT2D eigenvalue weighted by Crippen LogP contribution is 2.38. The number of carbonyl (C=O) groups excluding carboxylic acids is 2. The van der Waals surface area contributed by atoms with Gasteiger partial charge in [-0.15, -0.1) is 0 Å². The zero-order valence-corrected chi connectivity index (χ0v) is 18.2. The van der Waals surface area contributed by atoms with Gasteiger partial charge in [0, 0.05) is 24.8 Å². The van der Waals surface area contributed by atoms with Gasteiger partial charge in [-0.1, -0.05) is 12.8 Å². The number of anilines is 1. The number of aromatic nitrogens is 3. The molecule has 2 N–H and O–H groups in total. The SMILES string of the molecule is COC(=O)CC1(C(=O)OC)C=C(c2cnc3c(c(C)nn3C)c2NC2CCCC2)NO1. The fourth-order valence-electron chi connectivity index (χ4n) is 4.33. The Labute approximate surface area is 179 Å². The van der Waals surface area contributed by atoms with Crippen LogP contribution in [0.4, 0.5) is 5.69 Å². The summed E-state index contributed by atoms with van der Waals surface area (Å²) in [5.74, 6) is -1.29. The van der Waals surface area contributed by atoms with Crippen LogP contribution in [0.1, 0.15) is 43.4 Å². The number of esters is 2. The Balaban J connectivity index is 1.83. The first-order valence-corrected chi connectivity index (χ1v) is 10.3. The molecule has 0 radical (unpaired) electrons. The monoisotopic (exact) mass is 429 g/mol. The number of carbonyl (C=O) groups is 2. The first-order valence-electron chi connectivity index (χ1n) is 10.3. The van der Waals surface area contributed by atoms with E-state index in [-0.39, 0.29) is 6.42 Å². The molecule has 4 rings (SSSR count). The molecule has 2 aliphatic rings. The van der Waals surface area contributed by atoms with Crippen molar-refractivity contribution in [1.82, 2.24) is 20.2 Å². The molecule has 0 aromatic carbocycles. The van der Waals surface area contributed by atoms with Crippen LogP contribution in [0.25, 0.3) is 16.7 Å². The number of rotatable bonds is 6. The lowest BCUT2D eigenvalue weighted by molar-refractivity contribution is -0.172. The lowest BCUT2D eigenvalue weighted by Gasteiger charge is -2.20. The third-order valence-electron chi connectivity index (χ3n) is 5.91. The number of nitrogens with zero attached hydrogens (tertiary/aromatic N) is 3. The lowest BCUT2D eigenvalue weighted by atomic mass is 9.97. The smallest absolute Gasteiger partial charge is 0.345 e. The molecule has 1 saturated carbocycles. The molecule has 0 spiro atoms. The normalized spacial score (nSPS) is 21.1. The van der Waals surface area contributed by atoms with E-state index in [1.165, 1.54) is 27.1 Å². The molecular weight excluding hydrogens is 402 g/mol. The van der Waals surface area contributed by atoms with E-state index in [1.54, 1.807) is 17.0 Å². The van der Waals surface area contributed by atoms with Gasteiger partial charge in [0.15, 0.2) is 5.65 Å². The highest BCUT2D eigenvalue weighted by Gasteiger charge is 2.47. The number of nitrogens with one attached hydrogen (secondary N) is 2. The third kappa shape index (κ3) is 3.71. The second kappa shape index (κ2) is 8.18. The second-order valence-electron chi connectivity index (χ2n) is 7.98. The second-order valence-corrected chi connectivity index (χ2v) is 7.98. The largest absolute Gasteiger partial charge is 0.469 e. The van der Waals surface area contributed by atoms with Crippen LogP contribution in [0.15, 0.2) is 12.3 Å². The van der Waals surface area contributed by atoms with E-state index >= 15 is 0 Å². The summed E-state index contributed by atoms with van der Waals surface area (Å²) in [6.45, 7) is 1.94. The van der Waals surface area contributed by atoms with Gasteiger partial charge < -0.3 is 14.8 Å². The van der Waals surface area contributed by atoms with Crippen LogP contribution in [-0.2, 0) is 30.9 Å². The van der Waals surface area contributed by atoms with Crippen molar-refractivity contribution in [3.8, 4) is 0 Å². The van der Waals surface area contributed by atoms with E-state index in [0.717, 1.165) is 40.8 Å². The fourth-order valence-corrected chi connectivity index (χ4v) is 4.33. The fraction of sp³-hybridized carbons (Fsp3) is 0.524. The zero-order valence-electron chi connectivity index (χ0n) is 18.2. The molecule has 2 aromatic rings. The standard InChI is InChI=1S/C21H27N5O5/c1-12-17-18(23-13-7-5-6-8-13)14(11-22-19(17)26(2)24-12)15-9-21(31-25-15,20(28)30-4)10-16(27)29-3/h9,11,13,25H,5-8,10H2,1-4H3,(H,22,23). The number of ether oxygens (including phenoxy) is 2. The number of aryl methyl sites for hydroxylation is 2. The minimum atomic E-state index is -1.62. The van der Waals surface area contributed by atoms with Crippen molar-refractivity contribution < 1.29 is 23.9 Å². The Hall–Kier alpha value is -3.14. The molecule has 1 unspecified atom stereocenters. The van der Waals surface area contributed by atoms with Crippen LogP contribution in [0.3, 0.4) is 0 Å².